The fraction of sp³-hybridized carbons (Fsp3) is 0.812. The normalized spacial score (nSPS) is 18.4. The molecule has 1 fully saturated rings. The first-order valence-electron chi connectivity index (χ1n) is 7.92. The largest absolute Gasteiger partial charge is 0.383 e. The van der Waals surface area contributed by atoms with E-state index in [1.165, 1.54) is 32.1 Å². The van der Waals surface area contributed by atoms with Crippen molar-refractivity contribution in [2.24, 2.45) is 5.92 Å². The van der Waals surface area contributed by atoms with Crippen LogP contribution >= 0.6 is 0 Å². The Balaban J connectivity index is 2.15. The number of nitrogens with one attached hydrogen (secondary N) is 1. The van der Waals surface area contributed by atoms with Crippen molar-refractivity contribution in [1.29, 1.82) is 0 Å². The van der Waals surface area contributed by atoms with Crippen LogP contribution in [0, 0.1) is 12.8 Å². The maximum atomic E-state index is 5.40. The Morgan fingerprint density at radius 2 is 2.05 bits per heavy atom. The van der Waals surface area contributed by atoms with Crippen molar-refractivity contribution >= 4 is 5.95 Å². The topological polar surface area (TPSA) is 39.1 Å². The number of anilines is 1. The van der Waals surface area contributed by atoms with Gasteiger partial charge < -0.3 is 14.6 Å². The van der Waals surface area contributed by atoms with Gasteiger partial charge in [0.05, 0.1) is 18.3 Å². The molecule has 4 heteroatoms. The molecule has 1 atom stereocenters. The minimum Gasteiger partial charge on any atom is -0.383 e. The Kier molecular flexibility index (Phi) is 5.46. The van der Waals surface area contributed by atoms with Gasteiger partial charge in [-0.1, -0.05) is 33.1 Å². The van der Waals surface area contributed by atoms with Crippen LogP contribution in [0.25, 0.3) is 0 Å². The SMILES string of the molecule is COCC(C(C)C)n1cc(C)nc1NC1CCCCC1. The van der Waals surface area contributed by atoms with E-state index in [1.54, 1.807) is 7.11 Å². The zero-order chi connectivity index (χ0) is 14.5. The first-order chi connectivity index (χ1) is 9.61. The molecule has 0 aromatic carbocycles. The van der Waals surface area contributed by atoms with Crippen LogP contribution in [-0.2, 0) is 4.74 Å². The highest BCUT2D eigenvalue weighted by Gasteiger charge is 2.22. The van der Waals surface area contributed by atoms with Gasteiger partial charge in [-0.05, 0) is 25.7 Å². The maximum absolute atomic E-state index is 5.40. The second-order valence-electron chi connectivity index (χ2n) is 6.36. The first kappa shape index (κ1) is 15.4. The smallest absolute Gasteiger partial charge is 0.203 e. The highest BCUT2D eigenvalue weighted by Crippen LogP contribution is 2.26. The third-order valence-corrected chi connectivity index (χ3v) is 4.26. The zero-order valence-corrected chi connectivity index (χ0v) is 13.4. The summed E-state index contributed by atoms with van der Waals surface area (Å²) in [4.78, 5) is 4.69. The second kappa shape index (κ2) is 7.11. The van der Waals surface area contributed by atoms with Crippen LogP contribution in [0.5, 0.6) is 0 Å². The summed E-state index contributed by atoms with van der Waals surface area (Å²) in [5.41, 5.74) is 1.07. The highest BCUT2D eigenvalue weighted by atomic mass is 16.5. The third kappa shape index (κ3) is 3.75. The van der Waals surface area contributed by atoms with Crippen molar-refractivity contribution < 1.29 is 4.74 Å². The quantitative estimate of drug-likeness (QED) is 0.861. The van der Waals surface area contributed by atoms with Gasteiger partial charge in [0.2, 0.25) is 5.95 Å². The molecule has 0 radical (unpaired) electrons. The molecule has 4 nitrogen and oxygen atoms in total. The Hall–Kier alpha value is -1.03. The first-order valence-corrected chi connectivity index (χ1v) is 7.92. The summed E-state index contributed by atoms with van der Waals surface area (Å²) >= 11 is 0. The average molecular weight is 279 g/mol. The number of aryl methyl sites for hydroxylation is 1. The molecule has 0 bridgehead atoms. The standard InChI is InChI=1S/C16H29N3O/c1-12(2)15(11-20-4)19-10-13(3)17-16(19)18-14-8-6-5-7-9-14/h10,12,14-15H,5-9,11H2,1-4H3,(H,17,18). The van der Waals surface area contributed by atoms with Gasteiger partial charge >= 0.3 is 0 Å². The van der Waals surface area contributed by atoms with E-state index in [4.69, 9.17) is 4.74 Å². The number of ether oxygens (including phenoxy) is 1. The van der Waals surface area contributed by atoms with Crippen molar-refractivity contribution in [2.75, 3.05) is 19.0 Å². The van der Waals surface area contributed by atoms with E-state index >= 15 is 0 Å². The molecule has 1 aromatic rings. The van der Waals surface area contributed by atoms with Crippen LogP contribution < -0.4 is 5.32 Å². The molecule has 1 saturated carbocycles. The molecule has 1 heterocycles. The Morgan fingerprint density at radius 1 is 1.35 bits per heavy atom. The van der Waals surface area contributed by atoms with E-state index in [0.29, 0.717) is 18.0 Å². The van der Waals surface area contributed by atoms with Crippen molar-refractivity contribution in [2.45, 2.75) is 65.0 Å². The molecule has 1 aliphatic carbocycles. The van der Waals surface area contributed by atoms with Gasteiger partial charge in [-0.25, -0.2) is 4.98 Å². The predicted octanol–water partition coefficient (Wildman–Crippen LogP) is 3.78. The van der Waals surface area contributed by atoms with E-state index < -0.39 is 0 Å². The van der Waals surface area contributed by atoms with E-state index in [0.717, 1.165) is 18.2 Å². The molecule has 1 aromatic heterocycles. The van der Waals surface area contributed by atoms with Gasteiger partial charge in [0.15, 0.2) is 0 Å². The van der Waals surface area contributed by atoms with Crippen LogP contribution in [0.15, 0.2) is 6.20 Å². The summed E-state index contributed by atoms with van der Waals surface area (Å²) < 4.78 is 7.67. The van der Waals surface area contributed by atoms with Gasteiger partial charge in [-0.2, -0.15) is 0 Å². The zero-order valence-electron chi connectivity index (χ0n) is 13.4. The summed E-state index contributed by atoms with van der Waals surface area (Å²) in [6, 6.07) is 0.923. The molecule has 1 unspecified atom stereocenters. The number of imidazole rings is 1. The van der Waals surface area contributed by atoms with Crippen molar-refractivity contribution in [3.63, 3.8) is 0 Å². The van der Waals surface area contributed by atoms with Crippen molar-refractivity contribution in [1.82, 2.24) is 9.55 Å². The van der Waals surface area contributed by atoms with Crippen LogP contribution in [-0.4, -0.2) is 29.3 Å². The summed E-state index contributed by atoms with van der Waals surface area (Å²) in [7, 11) is 1.77. The number of methoxy groups -OCH3 is 1. The Morgan fingerprint density at radius 3 is 2.65 bits per heavy atom. The number of aromatic nitrogens is 2. The van der Waals surface area contributed by atoms with Gasteiger partial charge in [-0.15, -0.1) is 0 Å². The van der Waals surface area contributed by atoms with Crippen LogP contribution in [0.4, 0.5) is 5.95 Å². The lowest BCUT2D eigenvalue weighted by Crippen LogP contribution is -2.27. The Bertz CT molecular complexity index is 408. The monoisotopic (exact) mass is 279 g/mol. The maximum Gasteiger partial charge on any atom is 0.203 e. The second-order valence-corrected chi connectivity index (χ2v) is 6.36. The number of nitrogens with zero attached hydrogens (tertiary/aromatic N) is 2. The molecule has 1 N–H and O–H groups in total. The molecule has 0 spiro atoms. The fourth-order valence-electron chi connectivity index (χ4n) is 3.07. The minimum atomic E-state index is 0.340. The van der Waals surface area contributed by atoms with E-state index in [2.05, 4.69) is 41.8 Å². The van der Waals surface area contributed by atoms with E-state index in [9.17, 15) is 0 Å². The van der Waals surface area contributed by atoms with Gasteiger partial charge in [0.25, 0.3) is 0 Å². The van der Waals surface area contributed by atoms with E-state index in [1.807, 2.05) is 0 Å². The average Bonchev–Trinajstić information content (AvgIpc) is 2.77. The van der Waals surface area contributed by atoms with Crippen LogP contribution in [0.3, 0.4) is 0 Å². The highest BCUT2D eigenvalue weighted by molar-refractivity contribution is 5.31. The number of hydrogen-bond acceptors (Lipinski definition) is 3. The summed E-state index contributed by atoms with van der Waals surface area (Å²) in [6.07, 6.45) is 8.73. The van der Waals surface area contributed by atoms with Crippen molar-refractivity contribution in [3.8, 4) is 0 Å². The summed E-state index contributed by atoms with van der Waals surface area (Å²) in [6.45, 7) is 7.27. The van der Waals surface area contributed by atoms with Crippen LogP contribution in [0.1, 0.15) is 57.7 Å². The Labute approximate surface area is 122 Å². The summed E-state index contributed by atoms with van der Waals surface area (Å²) in [5.74, 6) is 1.54. The molecule has 1 aliphatic rings. The van der Waals surface area contributed by atoms with Crippen molar-refractivity contribution in [3.05, 3.63) is 11.9 Å². The molecule has 0 amide bonds. The van der Waals surface area contributed by atoms with Gasteiger partial charge in [-0.3, -0.25) is 0 Å². The van der Waals surface area contributed by atoms with Crippen LogP contribution in [0.2, 0.25) is 0 Å². The molecule has 114 valence electrons. The fourth-order valence-corrected chi connectivity index (χ4v) is 3.07. The molecule has 2 rings (SSSR count). The van der Waals surface area contributed by atoms with Gasteiger partial charge in [0.1, 0.15) is 0 Å². The molecular formula is C16H29N3O. The number of rotatable bonds is 6. The lowest BCUT2D eigenvalue weighted by atomic mass is 9.96. The molecule has 0 aliphatic heterocycles. The molecular weight excluding hydrogens is 250 g/mol. The van der Waals surface area contributed by atoms with E-state index in [-0.39, 0.29) is 0 Å². The third-order valence-electron chi connectivity index (χ3n) is 4.26. The lowest BCUT2D eigenvalue weighted by Gasteiger charge is -2.27. The minimum absolute atomic E-state index is 0.340. The molecule has 20 heavy (non-hydrogen) atoms. The lowest BCUT2D eigenvalue weighted by molar-refractivity contribution is 0.134. The molecule has 0 saturated heterocycles. The predicted molar refractivity (Wildman–Crippen MR) is 83.2 cm³/mol. The van der Waals surface area contributed by atoms with Gasteiger partial charge in [0, 0.05) is 19.3 Å². The number of hydrogen-bond donors (Lipinski definition) is 1. The summed E-state index contributed by atoms with van der Waals surface area (Å²) in [5, 5.41) is 3.66.